The monoisotopic (exact) mass is 250 g/mol. The fourth-order valence-electron chi connectivity index (χ4n) is 0.459. The van der Waals surface area contributed by atoms with E-state index in [4.69, 9.17) is 15.3 Å². The molecule has 0 aliphatic carbocycles. The number of carbonyl (C=O) groups is 2. The van der Waals surface area contributed by atoms with Crippen LogP contribution in [-0.2, 0) is 14.3 Å². The number of hydrogen-bond donors (Lipinski definition) is 3. The average molecular weight is 250 g/mol. The van der Waals surface area contributed by atoms with Gasteiger partial charge in [-0.15, -0.1) is 0 Å². The van der Waals surface area contributed by atoms with E-state index in [2.05, 4.69) is 4.74 Å². The molecule has 0 radical (unpaired) electrons. The Labute approximate surface area is 101 Å². The standard InChI is InChI=1S/C6H12O3.C5H10O3/c1-4-9-5(7)6(2,3)8;1-3-5(2,8)4(6)7/h8H,4H2,1-3H3;8H,3H2,1-2H3,(H,6,7). The molecule has 0 rings (SSSR count). The van der Waals surface area contributed by atoms with Gasteiger partial charge in [0.05, 0.1) is 6.61 Å². The predicted octanol–water partition coefficient (Wildman–Crippen LogP) is 0.552. The van der Waals surface area contributed by atoms with E-state index < -0.39 is 23.1 Å². The van der Waals surface area contributed by atoms with Gasteiger partial charge < -0.3 is 20.1 Å². The van der Waals surface area contributed by atoms with Crippen molar-refractivity contribution in [3.8, 4) is 0 Å². The summed E-state index contributed by atoms with van der Waals surface area (Å²) < 4.78 is 4.52. The van der Waals surface area contributed by atoms with Crippen molar-refractivity contribution in [3.63, 3.8) is 0 Å². The molecular formula is C11H22O6. The molecule has 0 spiro atoms. The van der Waals surface area contributed by atoms with E-state index in [1.807, 2.05) is 0 Å². The first-order valence-electron chi connectivity index (χ1n) is 5.34. The molecule has 0 aromatic heterocycles. The molecule has 0 saturated heterocycles. The van der Waals surface area contributed by atoms with Crippen LogP contribution in [0.5, 0.6) is 0 Å². The lowest BCUT2D eigenvalue weighted by molar-refractivity contribution is -0.161. The number of aliphatic hydroxyl groups is 2. The Balaban J connectivity index is 0. The maximum Gasteiger partial charge on any atom is 0.337 e. The molecule has 0 aromatic rings. The molecule has 6 heteroatoms. The molecule has 3 N–H and O–H groups in total. The van der Waals surface area contributed by atoms with Crippen LogP contribution < -0.4 is 0 Å². The van der Waals surface area contributed by atoms with Crippen LogP contribution in [0.1, 0.15) is 41.0 Å². The molecule has 1 atom stereocenters. The van der Waals surface area contributed by atoms with E-state index in [0.29, 0.717) is 6.61 Å². The minimum absolute atomic E-state index is 0.238. The first-order valence-corrected chi connectivity index (χ1v) is 5.34. The summed E-state index contributed by atoms with van der Waals surface area (Å²) in [7, 11) is 0. The van der Waals surface area contributed by atoms with Gasteiger partial charge in [0.25, 0.3) is 0 Å². The van der Waals surface area contributed by atoms with Crippen LogP contribution in [0.4, 0.5) is 0 Å². The zero-order valence-corrected chi connectivity index (χ0v) is 11.0. The molecule has 0 aliphatic heterocycles. The largest absolute Gasteiger partial charge is 0.479 e. The van der Waals surface area contributed by atoms with Crippen molar-refractivity contribution in [1.29, 1.82) is 0 Å². The van der Waals surface area contributed by atoms with Crippen LogP contribution >= 0.6 is 0 Å². The normalized spacial score (nSPS) is 14.1. The van der Waals surface area contributed by atoms with E-state index in [1.165, 1.54) is 20.8 Å². The highest BCUT2D eigenvalue weighted by atomic mass is 16.5. The van der Waals surface area contributed by atoms with Crippen LogP contribution in [0.15, 0.2) is 0 Å². The lowest BCUT2D eigenvalue weighted by Gasteiger charge is -2.13. The third kappa shape index (κ3) is 8.65. The first-order chi connectivity index (χ1) is 7.49. The van der Waals surface area contributed by atoms with E-state index in [9.17, 15) is 9.59 Å². The van der Waals surface area contributed by atoms with Crippen LogP contribution in [-0.4, -0.2) is 45.1 Å². The minimum Gasteiger partial charge on any atom is -0.479 e. The molecule has 0 fully saturated rings. The smallest absolute Gasteiger partial charge is 0.337 e. The maximum absolute atomic E-state index is 10.6. The van der Waals surface area contributed by atoms with E-state index in [-0.39, 0.29) is 6.42 Å². The number of rotatable bonds is 4. The number of carboxylic acid groups (broad SMARTS) is 1. The highest BCUT2D eigenvalue weighted by Gasteiger charge is 2.26. The second-order valence-electron chi connectivity index (χ2n) is 4.21. The summed E-state index contributed by atoms with van der Waals surface area (Å²) >= 11 is 0. The number of hydrogen-bond acceptors (Lipinski definition) is 5. The lowest BCUT2D eigenvalue weighted by Crippen LogP contribution is -2.33. The Bertz CT molecular complexity index is 251. The van der Waals surface area contributed by atoms with Gasteiger partial charge in [-0.25, -0.2) is 9.59 Å². The fourth-order valence-corrected chi connectivity index (χ4v) is 0.459. The zero-order valence-electron chi connectivity index (χ0n) is 11.0. The molecule has 0 aliphatic rings. The highest BCUT2D eigenvalue weighted by Crippen LogP contribution is 2.06. The summed E-state index contributed by atoms with van der Waals surface area (Å²) in [5, 5.41) is 25.9. The van der Waals surface area contributed by atoms with Crippen molar-refractivity contribution in [2.45, 2.75) is 52.2 Å². The summed E-state index contributed by atoms with van der Waals surface area (Å²) in [6.45, 7) is 7.69. The molecule has 17 heavy (non-hydrogen) atoms. The third-order valence-corrected chi connectivity index (χ3v) is 1.92. The van der Waals surface area contributed by atoms with Gasteiger partial charge >= 0.3 is 11.9 Å². The first kappa shape index (κ1) is 18.2. The predicted molar refractivity (Wildman–Crippen MR) is 61.5 cm³/mol. The Morgan fingerprint density at radius 3 is 1.59 bits per heavy atom. The summed E-state index contributed by atoms with van der Waals surface area (Å²) in [5.74, 6) is -1.75. The third-order valence-electron chi connectivity index (χ3n) is 1.92. The SMILES string of the molecule is CCC(C)(O)C(=O)O.CCOC(=O)C(C)(C)O. The molecule has 6 nitrogen and oxygen atoms in total. The Morgan fingerprint density at radius 1 is 1.12 bits per heavy atom. The van der Waals surface area contributed by atoms with Gasteiger partial charge in [0, 0.05) is 0 Å². The molecule has 0 heterocycles. The molecule has 1 unspecified atom stereocenters. The minimum atomic E-state index is -1.54. The van der Waals surface area contributed by atoms with Gasteiger partial charge in [0.15, 0.2) is 11.2 Å². The van der Waals surface area contributed by atoms with Gasteiger partial charge in [0.1, 0.15) is 0 Å². The van der Waals surface area contributed by atoms with Gasteiger partial charge in [-0.1, -0.05) is 6.92 Å². The van der Waals surface area contributed by atoms with Gasteiger partial charge in [-0.05, 0) is 34.1 Å². The highest BCUT2D eigenvalue weighted by molar-refractivity contribution is 5.78. The quantitative estimate of drug-likeness (QED) is 0.629. The summed E-state index contributed by atoms with van der Waals surface area (Å²) in [4.78, 5) is 20.6. The van der Waals surface area contributed by atoms with E-state index in [0.717, 1.165) is 0 Å². The molecule has 0 bridgehead atoms. The maximum atomic E-state index is 10.6. The van der Waals surface area contributed by atoms with Gasteiger partial charge in [-0.2, -0.15) is 0 Å². The molecule has 0 saturated carbocycles. The van der Waals surface area contributed by atoms with Gasteiger partial charge in [0.2, 0.25) is 0 Å². The second kappa shape index (κ2) is 7.24. The van der Waals surface area contributed by atoms with Crippen LogP contribution in [0, 0.1) is 0 Å². The van der Waals surface area contributed by atoms with Crippen molar-refractivity contribution >= 4 is 11.9 Å². The van der Waals surface area contributed by atoms with Crippen molar-refractivity contribution in [1.82, 2.24) is 0 Å². The second-order valence-corrected chi connectivity index (χ2v) is 4.21. The number of carbonyl (C=O) groups excluding carboxylic acids is 1. The molecule has 102 valence electrons. The topological polar surface area (TPSA) is 104 Å². The fraction of sp³-hybridized carbons (Fsp3) is 0.818. The number of aliphatic carboxylic acids is 1. The van der Waals surface area contributed by atoms with Crippen molar-refractivity contribution < 1.29 is 29.6 Å². The molecule has 0 aromatic carbocycles. The number of carboxylic acids is 1. The Morgan fingerprint density at radius 2 is 1.53 bits per heavy atom. The van der Waals surface area contributed by atoms with E-state index in [1.54, 1.807) is 13.8 Å². The lowest BCUT2D eigenvalue weighted by atomic mass is 10.1. The van der Waals surface area contributed by atoms with E-state index >= 15 is 0 Å². The van der Waals surface area contributed by atoms with Crippen LogP contribution in [0.2, 0.25) is 0 Å². The summed E-state index contributed by atoms with van der Waals surface area (Å²) in [6.07, 6.45) is 0.238. The molecule has 0 amide bonds. The summed E-state index contributed by atoms with van der Waals surface area (Å²) in [5.41, 5.74) is -2.89. The van der Waals surface area contributed by atoms with Crippen molar-refractivity contribution in [2.75, 3.05) is 6.61 Å². The van der Waals surface area contributed by atoms with Crippen LogP contribution in [0.25, 0.3) is 0 Å². The van der Waals surface area contributed by atoms with Crippen molar-refractivity contribution in [3.05, 3.63) is 0 Å². The van der Waals surface area contributed by atoms with Crippen molar-refractivity contribution in [2.24, 2.45) is 0 Å². The van der Waals surface area contributed by atoms with Crippen LogP contribution in [0.3, 0.4) is 0 Å². The van der Waals surface area contributed by atoms with Gasteiger partial charge in [-0.3, -0.25) is 0 Å². The Hall–Kier alpha value is -1.14. The summed E-state index contributed by atoms with van der Waals surface area (Å²) in [6, 6.07) is 0. The molecular weight excluding hydrogens is 228 g/mol. The Kier molecular flexibility index (Phi) is 7.76. The zero-order chi connectivity index (χ0) is 14.3. The number of ether oxygens (including phenoxy) is 1. The number of esters is 1. The average Bonchev–Trinajstić information content (AvgIpc) is 2.17.